The fourth-order valence-electron chi connectivity index (χ4n) is 3.68. The lowest BCUT2D eigenvalue weighted by molar-refractivity contribution is -0.482. The van der Waals surface area contributed by atoms with Crippen LogP contribution in [0.25, 0.3) is 22.2 Å². The number of para-hydroxylation sites is 1. The summed E-state index contributed by atoms with van der Waals surface area (Å²) in [5.74, 6) is 0.150. The van der Waals surface area contributed by atoms with Crippen molar-refractivity contribution in [2.24, 2.45) is 7.05 Å². The molecular formula is C21H18N2O3. The minimum absolute atomic E-state index is 0.221. The molecule has 5 nitrogen and oxygen atoms in total. The van der Waals surface area contributed by atoms with Crippen molar-refractivity contribution in [3.8, 4) is 11.3 Å². The van der Waals surface area contributed by atoms with Crippen molar-refractivity contribution in [2.75, 3.05) is 6.54 Å². The second-order valence-corrected chi connectivity index (χ2v) is 6.29. The second-order valence-electron chi connectivity index (χ2n) is 6.29. The fourth-order valence-corrected chi connectivity index (χ4v) is 3.68. The lowest BCUT2D eigenvalue weighted by atomic mass is 9.91. The van der Waals surface area contributed by atoms with Gasteiger partial charge in [-0.25, -0.2) is 0 Å². The molecule has 0 amide bonds. The lowest BCUT2D eigenvalue weighted by Crippen LogP contribution is -2.14. The van der Waals surface area contributed by atoms with Gasteiger partial charge in [0.05, 0.1) is 12.0 Å². The van der Waals surface area contributed by atoms with Crippen LogP contribution in [0.4, 0.5) is 0 Å². The van der Waals surface area contributed by atoms with Crippen LogP contribution in [0.3, 0.4) is 0 Å². The van der Waals surface area contributed by atoms with Gasteiger partial charge in [0, 0.05) is 28.4 Å². The quantitative estimate of drug-likeness (QED) is 0.383. The van der Waals surface area contributed by atoms with Crippen LogP contribution in [0.1, 0.15) is 17.2 Å². The third-order valence-electron chi connectivity index (χ3n) is 4.76. The number of rotatable bonds is 5. The molecule has 0 saturated carbocycles. The summed E-state index contributed by atoms with van der Waals surface area (Å²) in [6.07, 6.45) is 1.57. The number of hydrogen-bond donors (Lipinski definition) is 0. The molecule has 0 aliphatic rings. The van der Waals surface area contributed by atoms with E-state index in [1.165, 1.54) is 0 Å². The van der Waals surface area contributed by atoms with Gasteiger partial charge in [-0.1, -0.05) is 48.5 Å². The molecule has 0 unspecified atom stereocenters. The Labute approximate surface area is 150 Å². The first-order valence-corrected chi connectivity index (χ1v) is 8.44. The van der Waals surface area contributed by atoms with Gasteiger partial charge in [0.2, 0.25) is 6.54 Å². The van der Waals surface area contributed by atoms with Crippen molar-refractivity contribution in [3.05, 3.63) is 94.4 Å². The van der Waals surface area contributed by atoms with Crippen LogP contribution in [-0.2, 0) is 7.05 Å². The van der Waals surface area contributed by atoms with Crippen molar-refractivity contribution in [3.63, 3.8) is 0 Å². The van der Waals surface area contributed by atoms with Gasteiger partial charge in [-0.15, -0.1) is 0 Å². The third-order valence-corrected chi connectivity index (χ3v) is 4.76. The van der Waals surface area contributed by atoms with Crippen molar-refractivity contribution in [2.45, 2.75) is 5.92 Å². The predicted molar refractivity (Wildman–Crippen MR) is 101 cm³/mol. The molecule has 0 fully saturated rings. The zero-order chi connectivity index (χ0) is 18.1. The van der Waals surface area contributed by atoms with Gasteiger partial charge in [-0.05, 0) is 23.8 Å². The summed E-state index contributed by atoms with van der Waals surface area (Å²) < 4.78 is 7.69. The Kier molecular flexibility index (Phi) is 4.05. The van der Waals surface area contributed by atoms with E-state index in [9.17, 15) is 10.1 Å². The number of hydrogen-bond acceptors (Lipinski definition) is 3. The van der Waals surface area contributed by atoms with E-state index in [1.807, 2.05) is 67.7 Å². The number of furan rings is 1. The number of nitrogens with zero attached hydrogens (tertiary/aromatic N) is 2. The van der Waals surface area contributed by atoms with Gasteiger partial charge in [0.1, 0.15) is 11.7 Å². The van der Waals surface area contributed by atoms with E-state index in [1.54, 1.807) is 12.3 Å². The number of aromatic nitrogens is 1. The summed E-state index contributed by atoms with van der Waals surface area (Å²) >= 11 is 0. The van der Waals surface area contributed by atoms with Crippen LogP contribution in [0.15, 0.2) is 77.4 Å². The summed E-state index contributed by atoms with van der Waals surface area (Å²) in [7, 11) is 2.00. The standard InChI is InChI=1S/C21H18N2O3/c1-22-18-11-6-5-10-16(18)20(21(22)15-8-3-2-4-9-15)17(14-23(24)25)19-12-7-13-26-19/h2-13,17H,14H2,1H3/t17-/m1/s1. The summed E-state index contributed by atoms with van der Waals surface area (Å²) in [4.78, 5) is 11.2. The summed E-state index contributed by atoms with van der Waals surface area (Å²) in [5, 5.41) is 12.4. The Morgan fingerprint density at radius 1 is 1.04 bits per heavy atom. The molecule has 0 bridgehead atoms. The zero-order valence-electron chi connectivity index (χ0n) is 14.3. The Balaban J connectivity index is 2.05. The molecule has 26 heavy (non-hydrogen) atoms. The molecule has 2 aromatic carbocycles. The van der Waals surface area contributed by atoms with Crippen molar-refractivity contribution in [1.82, 2.24) is 4.57 Å². The molecule has 1 atom stereocenters. The molecule has 2 aromatic heterocycles. The van der Waals surface area contributed by atoms with Crippen LogP contribution in [0.2, 0.25) is 0 Å². The normalized spacial score (nSPS) is 12.3. The van der Waals surface area contributed by atoms with Gasteiger partial charge in [-0.2, -0.15) is 0 Å². The van der Waals surface area contributed by atoms with Crippen LogP contribution in [-0.4, -0.2) is 16.0 Å². The molecule has 130 valence electrons. The molecular weight excluding hydrogens is 328 g/mol. The average Bonchev–Trinajstić information content (AvgIpc) is 3.28. The van der Waals surface area contributed by atoms with E-state index in [0.717, 1.165) is 27.7 Å². The second kappa shape index (κ2) is 6.52. The van der Waals surface area contributed by atoms with E-state index in [4.69, 9.17) is 4.42 Å². The van der Waals surface area contributed by atoms with Gasteiger partial charge in [-0.3, -0.25) is 10.1 Å². The highest BCUT2D eigenvalue weighted by Crippen LogP contribution is 2.40. The van der Waals surface area contributed by atoms with Gasteiger partial charge in [0.15, 0.2) is 0 Å². The fraction of sp³-hybridized carbons (Fsp3) is 0.143. The van der Waals surface area contributed by atoms with Crippen molar-refractivity contribution >= 4 is 10.9 Å². The highest BCUT2D eigenvalue weighted by molar-refractivity contribution is 5.92. The Morgan fingerprint density at radius 3 is 2.46 bits per heavy atom. The maximum atomic E-state index is 11.4. The van der Waals surface area contributed by atoms with E-state index in [2.05, 4.69) is 4.57 Å². The Hall–Kier alpha value is -3.34. The first-order chi connectivity index (χ1) is 12.7. The highest BCUT2D eigenvalue weighted by Gasteiger charge is 2.30. The van der Waals surface area contributed by atoms with Gasteiger partial charge in [0.25, 0.3) is 0 Å². The molecule has 2 heterocycles. The summed E-state index contributed by atoms with van der Waals surface area (Å²) in [6, 6.07) is 21.6. The van der Waals surface area contributed by atoms with Crippen LogP contribution in [0, 0.1) is 10.1 Å². The number of aryl methyl sites for hydroxylation is 1. The van der Waals surface area contributed by atoms with Crippen molar-refractivity contribution in [1.29, 1.82) is 0 Å². The maximum absolute atomic E-state index is 11.4. The number of benzene rings is 2. The molecule has 0 aliphatic carbocycles. The number of fused-ring (bicyclic) bond motifs is 1. The smallest absolute Gasteiger partial charge is 0.217 e. The van der Waals surface area contributed by atoms with Crippen molar-refractivity contribution < 1.29 is 9.34 Å². The first kappa shape index (κ1) is 16.1. The van der Waals surface area contributed by atoms with Gasteiger partial charge >= 0.3 is 0 Å². The molecule has 0 radical (unpaired) electrons. The van der Waals surface area contributed by atoms with E-state index < -0.39 is 5.92 Å². The minimum atomic E-state index is -0.457. The van der Waals surface area contributed by atoms with Crippen LogP contribution in [0.5, 0.6) is 0 Å². The topological polar surface area (TPSA) is 61.2 Å². The monoisotopic (exact) mass is 346 g/mol. The summed E-state index contributed by atoms with van der Waals surface area (Å²) in [6.45, 7) is -0.221. The molecule has 0 N–H and O–H groups in total. The van der Waals surface area contributed by atoms with E-state index >= 15 is 0 Å². The minimum Gasteiger partial charge on any atom is -0.468 e. The molecule has 5 heteroatoms. The van der Waals surface area contributed by atoms with E-state index in [0.29, 0.717) is 5.76 Å². The molecule has 0 spiro atoms. The third kappa shape index (κ3) is 2.67. The SMILES string of the molecule is Cn1c(-c2ccccc2)c([C@H](C[N+](=O)[O-])c2ccco2)c2ccccc21. The summed E-state index contributed by atoms with van der Waals surface area (Å²) in [5.41, 5.74) is 3.98. The highest BCUT2D eigenvalue weighted by atomic mass is 16.6. The van der Waals surface area contributed by atoms with Gasteiger partial charge < -0.3 is 8.98 Å². The Bertz CT molecular complexity index is 1050. The average molecular weight is 346 g/mol. The van der Waals surface area contributed by atoms with Crippen LogP contribution >= 0.6 is 0 Å². The zero-order valence-corrected chi connectivity index (χ0v) is 14.3. The first-order valence-electron chi connectivity index (χ1n) is 8.44. The number of nitro groups is 1. The molecule has 4 aromatic rings. The largest absolute Gasteiger partial charge is 0.468 e. The Morgan fingerprint density at radius 2 is 1.77 bits per heavy atom. The van der Waals surface area contributed by atoms with E-state index in [-0.39, 0.29) is 11.5 Å². The molecule has 0 saturated heterocycles. The lowest BCUT2D eigenvalue weighted by Gasteiger charge is -2.14. The molecule has 4 rings (SSSR count). The van der Waals surface area contributed by atoms with Crippen LogP contribution < -0.4 is 0 Å². The molecule has 0 aliphatic heterocycles. The predicted octanol–water partition coefficient (Wildman–Crippen LogP) is 4.85. The maximum Gasteiger partial charge on any atom is 0.217 e.